The van der Waals surface area contributed by atoms with Gasteiger partial charge in [-0.1, -0.05) is 0 Å². The van der Waals surface area contributed by atoms with Gasteiger partial charge in [-0.25, -0.2) is 0 Å². The summed E-state index contributed by atoms with van der Waals surface area (Å²) < 4.78 is 0. The van der Waals surface area contributed by atoms with Crippen molar-refractivity contribution in [2.75, 3.05) is 7.05 Å². The van der Waals surface area contributed by atoms with E-state index in [2.05, 4.69) is 0 Å². The van der Waals surface area contributed by atoms with Gasteiger partial charge in [-0.2, -0.15) is 5.26 Å². The molecule has 1 rings (SSSR count). The molecule has 0 aliphatic carbocycles. The predicted octanol–water partition coefficient (Wildman–Crippen LogP) is 1.08. The normalized spacial score (nSPS) is 11.6. The van der Waals surface area contributed by atoms with Crippen molar-refractivity contribution >= 4 is 5.91 Å². The number of amides is 1. The highest BCUT2D eigenvalue weighted by atomic mass is 16.3. The molecule has 5 heteroatoms. The molecule has 0 saturated carbocycles. The van der Waals surface area contributed by atoms with Crippen LogP contribution in [0.3, 0.4) is 0 Å². The first kappa shape index (κ1) is 11.9. The number of phenols is 2. The van der Waals surface area contributed by atoms with Gasteiger partial charge in [0.2, 0.25) is 0 Å². The van der Waals surface area contributed by atoms with Gasteiger partial charge in [0.25, 0.3) is 5.91 Å². The van der Waals surface area contributed by atoms with E-state index < -0.39 is 6.04 Å². The zero-order chi connectivity index (χ0) is 12.3. The van der Waals surface area contributed by atoms with Gasteiger partial charge in [0, 0.05) is 12.6 Å². The van der Waals surface area contributed by atoms with Crippen LogP contribution in [0.4, 0.5) is 0 Å². The highest BCUT2D eigenvalue weighted by Gasteiger charge is 2.17. The molecule has 16 heavy (non-hydrogen) atoms. The molecule has 1 atom stereocenters. The summed E-state index contributed by atoms with van der Waals surface area (Å²) >= 11 is 0. The highest BCUT2D eigenvalue weighted by Crippen LogP contribution is 2.25. The van der Waals surface area contributed by atoms with Crippen LogP contribution < -0.4 is 0 Å². The van der Waals surface area contributed by atoms with E-state index in [0.29, 0.717) is 0 Å². The minimum absolute atomic E-state index is 0.222. The topological polar surface area (TPSA) is 84.6 Å². The van der Waals surface area contributed by atoms with E-state index >= 15 is 0 Å². The summed E-state index contributed by atoms with van der Waals surface area (Å²) in [5.41, 5.74) is 0.222. The monoisotopic (exact) mass is 220 g/mol. The van der Waals surface area contributed by atoms with Crippen LogP contribution in [-0.2, 0) is 0 Å². The van der Waals surface area contributed by atoms with Gasteiger partial charge in [-0.05, 0) is 25.1 Å². The summed E-state index contributed by atoms with van der Waals surface area (Å²) in [5.74, 6) is -1.03. The smallest absolute Gasteiger partial charge is 0.254 e. The fraction of sp³-hybridized carbons (Fsp3) is 0.273. The number of rotatable bonds is 2. The van der Waals surface area contributed by atoms with Crippen molar-refractivity contribution < 1.29 is 15.0 Å². The summed E-state index contributed by atoms with van der Waals surface area (Å²) in [6.07, 6.45) is 0. The molecule has 0 saturated heterocycles. The number of phenolic OH excluding ortho intramolecular Hbond substituents is 2. The molecular weight excluding hydrogens is 208 g/mol. The fourth-order valence-electron chi connectivity index (χ4n) is 1.12. The van der Waals surface area contributed by atoms with Crippen molar-refractivity contribution in [2.24, 2.45) is 0 Å². The first-order valence-corrected chi connectivity index (χ1v) is 4.66. The molecule has 1 unspecified atom stereocenters. The molecule has 0 fully saturated rings. The summed E-state index contributed by atoms with van der Waals surface area (Å²) in [6.45, 7) is 1.60. The van der Waals surface area contributed by atoms with E-state index in [1.54, 1.807) is 6.92 Å². The van der Waals surface area contributed by atoms with Crippen LogP contribution in [-0.4, -0.2) is 34.1 Å². The van der Waals surface area contributed by atoms with Crippen molar-refractivity contribution in [3.63, 3.8) is 0 Å². The summed E-state index contributed by atoms with van der Waals surface area (Å²) in [7, 11) is 1.50. The van der Waals surface area contributed by atoms with Crippen LogP contribution in [0.2, 0.25) is 0 Å². The lowest BCUT2D eigenvalue weighted by Crippen LogP contribution is -2.33. The Labute approximate surface area is 93.2 Å². The van der Waals surface area contributed by atoms with Gasteiger partial charge in [0.05, 0.1) is 6.07 Å². The van der Waals surface area contributed by atoms with Crippen LogP contribution in [0.5, 0.6) is 11.5 Å². The maximum atomic E-state index is 11.8. The summed E-state index contributed by atoms with van der Waals surface area (Å²) in [5, 5.41) is 27.0. The number of hydrogen-bond acceptors (Lipinski definition) is 4. The zero-order valence-electron chi connectivity index (χ0n) is 9.01. The second-order valence-corrected chi connectivity index (χ2v) is 3.42. The molecule has 0 aliphatic heterocycles. The minimum Gasteiger partial charge on any atom is -0.504 e. The van der Waals surface area contributed by atoms with Gasteiger partial charge in [0.1, 0.15) is 6.04 Å². The molecule has 5 nitrogen and oxygen atoms in total. The SMILES string of the molecule is CC(C#N)N(C)C(=O)c1ccc(O)c(O)c1. The molecule has 2 N–H and O–H groups in total. The van der Waals surface area contributed by atoms with Gasteiger partial charge < -0.3 is 15.1 Å². The molecule has 0 bridgehead atoms. The van der Waals surface area contributed by atoms with Gasteiger partial charge >= 0.3 is 0 Å². The lowest BCUT2D eigenvalue weighted by atomic mass is 10.1. The maximum absolute atomic E-state index is 11.8. The van der Waals surface area contributed by atoms with Crippen LogP contribution >= 0.6 is 0 Å². The van der Waals surface area contributed by atoms with Gasteiger partial charge in [-0.3, -0.25) is 4.79 Å². The Morgan fingerprint density at radius 3 is 2.56 bits per heavy atom. The molecule has 0 aliphatic rings. The van der Waals surface area contributed by atoms with Crippen LogP contribution in [0, 0.1) is 11.3 Å². The molecule has 84 valence electrons. The Bertz CT molecular complexity index is 451. The Balaban J connectivity index is 2.98. The fourth-order valence-corrected chi connectivity index (χ4v) is 1.12. The first-order chi connectivity index (χ1) is 7.47. The third-order valence-corrected chi connectivity index (χ3v) is 2.31. The standard InChI is InChI=1S/C11H12N2O3/c1-7(6-12)13(2)11(16)8-3-4-9(14)10(15)5-8/h3-5,7,14-15H,1-2H3. The van der Waals surface area contributed by atoms with Crippen molar-refractivity contribution in [1.29, 1.82) is 5.26 Å². The number of benzene rings is 1. The number of carbonyl (C=O) groups is 1. The average molecular weight is 220 g/mol. The quantitative estimate of drug-likeness (QED) is 0.730. The Morgan fingerprint density at radius 1 is 1.44 bits per heavy atom. The molecule has 0 radical (unpaired) electrons. The first-order valence-electron chi connectivity index (χ1n) is 4.66. The molecule has 0 aromatic heterocycles. The van der Waals surface area contributed by atoms with E-state index in [4.69, 9.17) is 10.4 Å². The Hall–Kier alpha value is -2.22. The van der Waals surface area contributed by atoms with Crippen LogP contribution in [0.25, 0.3) is 0 Å². The van der Waals surface area contributed by atoms with Crippen molar-refractivity contribution in [3.8, 4) is 17.6 Å². The van der Waals surface area contributed by atoms with E-state index in [1.807, 2.05) is 6.07 Å². The van der Waals surface area contributed by atoms with Gasteiger partial charge in [0.15, 0.2) is 11.5 Å². The maximum Gasteiger partial charge on any atom is 0.254 e. The Morgan fingerprint density at radius 2 is 2.06 bits per heavy atom. The number of hydrogen-bond donors (Lipinski definition) is 2. The van der Waals surface area contributed by atoms with E-state index in [-0.39, 0.29) is 23.0 Å². The minimum atomic E-state index is -0.552. The van der Waals surface area contributed by atoms with E-state index in [0.717, 1.165) is 6.07 Å². The number of aromatic hydroxyl groups is 2. The number of carbonyl (C=O) groups excluding carboxylic acids is 1. The third kappa shape index (κ3) is 2.23. The van der Waals surface area contributed by atoms with Crippen molar-refractivity contribution in [1.82, 2.24) is 4.90 Å². The van der Waals surface area contributed by atoms with E-state index in [1.165, 1.54) is 24.1 Å². The van der Waals surface area contributed by atoms with Crippen LogP contribution in [0.15, 0.2) is 18.2 Å². The largest absolute Gasteiger partial charge is 0.504 e. The second-order valence-electron chi connectivity index (χ2n) is 3.42. The molecule has 1 amide bonds. The van der Waals surface area contributed by atoms with Crippen LogP contribution in [0.1, 0.15) is 17.3 Å². The molecule has 1 aromatic carbocycles. The zero-order valence-corrected chi connectivity index (χ0v) is 9.01. The predicted molar refractivity (Wildman–Crippen MR) is 56.9 cm³/mol. The molecule has 0 heterocycles. The molecule has 1 aromatic rings. The number of nitrogens with zero attached hydrogens (tertiary/aromatic N) is 2. The lowest BCUT2D eigenvalue weighted by molar-refractivity contribution is 0.0772. The summed E-state index contributed by atoms with van der Waals surface area (Å²) in [6, 6.07) is 5.16. The average Bonchev–Trinajstić information content (AvgIpc) is 2.29. The molecule has 0 spiro atoms. The van der Waals surface area contributed by atoms with Gasteiger partial charge in [-0.15, -0.1) is 0 Å². The second kappa shape index (κ2) is 4.53. The Kier molecular flexibility index (Phi) is 3.36. The van der Waals surface area contributed by atoms with Crippen molar-refractivity contribution in [2.45, 2.75) is 13.0 Å². The highest BCUT2D eigenvalue weighted by molar-refractivity contribution is 5.95. The third-order valence-electron chi connectivity index (χ3n) is 2.31. The lowest BCUT2D eigenvalue weighted by Gasteiger charge is -2.19. The van der Waals surface area contributed by atoms with E-state index in [9.17, 15) is 9.90 Å². The summed E-state index contributed by atoms with van der Waals surface area (Å²) in [4.78, 5) is 13.0. The number of nitriles is 1. The molecular formula is C11H12N2O3. The van der Waals surface area contributed by atoms with Crippen molar-refractivity contribution in [3.05, 3.63) is 23.8 Å².